The van der Waals surface area contributed by atoms with Gasteiger partial charge in [0.15, 0.2) is 16.7 Å². The van der Waals surface area contributed by atoms with Gasteiger partial charge in [0.05, 0.1) is 24.6 Å². The fourth-order valence-corrected chi connectivity index (χ4v) is 3.04. The van der Waals surface area contributed by atoms with Crippen molar-refractivity contribution in [1.29, 1.82) is 0 Å². The summed E-state index contributed by atoms with van der Waals surface area (Å²) in [6.07, 6.45) is -2.92. The van der Waals surface area contributed by atoms with Crippen molar-refractivity contribution >= 4 is 29.1 Å². The summed E-state index contributed by atoms with van der Waals surface area (Å²) in [6.45, 7) is -0.0434. The molecule has 152 valence electrons. The maximum atomic E-state index is 12.8. The number of hydrogen-bond donors (Lipinski definition) is 1. The Labute approximate surface area is 168 Å². The molecule has 0 bridgehead atoms. The number of benzene rings is 2. The average Bonchev–Trinajstić information content (AvgIpc) is 3.11. The molecule has 1 aliphatic rings. The van der Waals surface area contributed by atoms with Crippen molar-refractivity contribution in [3.63, 3.8) is 0 Å². The van der Waals surface area contributed by atoms with Gasteiger partial charge in [0.1, 0.15) is 6.61 Å². The van der Waals surface area contributed by atoms with Crippen LogP contribution in [0.5, 0.6) is 11.5 Å². The Morgan fingerprint density at radius 3 is 2.72 bits per heavy atom. The molecule has 1 saturated heterocycles. The molecular weight excluding hydrogens is 407 g/mol. The molecule has 1 aliphatic heterocycles. The highest BCUT2D eigenvalue weighted by molar-refractivity contribution is 8.15. The molecule has 0 saturated carbocycles. The number of carbonyl (C=O) groups excluding carboxylic acids is 1. The minimum Gasteiger partial charge on any atom is -0.493 e. The summed E-state index contributed by atoms with van der Waals surface area (Å²) >= 11 is 1.26. The number of alkyl halides is 3. The molecule has 0 unspecified atom stereocenters. The van der Waals surface area contributed by atoms with E-state index in [1.54, 1.807) is 24.3 Å². The van der Waals surface area contributed by atoms with Crippen molar-refractivity contribution in [3.8, 4) is 11.5 Å². The van der Waals surface area contributed by atoms with Gasteiger partial charge in [-0.2, -0.15) is 18.3 Å². The number of nitrogens with one attached hydrogen (secondary N) is 1. The molecule has 0 atom stereocenters. The number of nitrogens with zero attached hydrogens (tertiary/aromatic N) is 2. The van der Waals surface area contributed by atoms with Gasteiger partial charge in [0, 0.05) is 0 Å². The number of amidine groups is 1. The van der Waals surface area contributed by atoms with Gasteiger partial charge < -0.3 is 14.8 Å². The Kier molecular flexibility index (Phi) is 6.42. The smallest absolute Gasteiger partial charge is 0.416 e. The Hall–Kier alpha value is -3.01. The van der Waals surface area contributed by atoms with E-state index in [0.29, 0.717) is 33.5 Å². The van der Waals surface area contributed by atoms with Crippen LogP contribution in [0, 0.1) is 0 Å². The highest BCUT2D eigenvalue weighted by Crippen LogP contribution is 2.31. The maximum Gasteiger partial charge on any atom is 0.416 e. The zero-order chi connectivity index (χ0) is 20.9. The number of carbonyl (C=O) groups is 1. The lowest BCUT2D eigenvalue weighted by molar-refractivity contribution is -0.137. The van der Waals surface area contributed by atoms with Crippen LogP contribution in [0.1, 0.15) is 16.7 Å². The summed E-state index contributed by atoms with van der Waals surface area (Å²) in [6, 6.07) is 9.95. The molecule has 3 rings (SSSR count). The van der Waals surface area contributed by atoms with E-state index in [4.69, 9.17) is 9.47 Å². The number of ether oxygens (including phenoxy) is 2. The quantitative estimate of drug-likeness (QED) is 0.566. The van der Waals surface area contributed by atoms with Crippen LogP contribution in [0.25, 0.3) is 0 Å². The Balaban J connectivity index is 1.67. The minimum absolute atomic E-state index is 0.0434. The molecule has 1 heterocycles. The van der Waals surface area contributed by atoms with Crippen molar-refractivity contribution in [2.24, 2.45) is 10.2 Å². The SMILES string of the molecule is COc1cc(C=NN=C2NC(=O)CS2)ccc1OCc1cccc(C(F)(F)F)c1. The fourth-order valence-electron chi connectivity index (χ4n) is 2.41. The summed E-state index contributed by atoms with van der Waals surface area (Å²) in [5, 5.41) is 10.8. The summed E-state index contributed by atoms with van der Waals surface area (Å²) in [4.78, 5) is 11.1. The Morgan fingerprint density at radius 1 is 1.21 bits per heavy atom. The van der Waals surface area contributed by atoms with E-state index in [9.17, 15) is 18.0 Å². The lowest BCUT2D eigenvalue weighted by Crippen LogP contribution is -2.19. The van der Waals surface area contributed by atoms with E-state index in [0.717, 1.165) is 12.1 Å². The predicted molar refractivity (Wildman–Crippen MR) is 104 cm³/mol. The van der Waals surface area contributed by atoms with Crippen LogP contribution < -0.4 is 14.8 Å². The third-order valence-electron chi connectivity index (χ3n) is 3.78. The van der Waals surface area contributed by atoms with Gasteiger partial charge in [-0.1, -0.05) is 23.9 Å². The van der Waals surface area contributed by atoms with E-state index in [-0.39, 0.29) is 12.5 Å². The van der Waals surface area contributed by atoms with Crippen LogP contribution in [0.4, 0.5) is 13.2 Å². The van der Waals surface area contributed by atoms with Crippen LogP contribution in [-0.2, 0) is 17.6 Å². The highest BCUT2D eigenvalue weighted by Gasteiger charge is 2.30. The second-order valence-corrected chi connectivity index (χ2v) is 6.85. The number of methoxy groups -OCH3 is 1. The van der Waals surface area contributed by atoms with E-state index in [1.807, 2.05) is 0 Å². The zero-order valence-corrected chi connectivity index (χ0v) is 16.0. The molecule has 0 aromatic heterocycles. The number of halogens is 3. The van der Waals surface area contributed by atoms with Gasteiger partial charge in [0.25, 0.3) is 0 Å². The lowest BCUT2D eigenvalue weighted by atomic mass is 10.1. The van der Waals surface area contributed by atoms with Gasteiger partial charge in [-0.3, -0.25) is 4.79 Å². The van der Waals surface area contributed by atoms with Crippen LogP contribution in [0.15, 0.2) is 52.7 Å². The lowest BCUT2D eigenvalue weighted by Gasteiger charge is -2.12. The second kappa shape index (κ2) is 8.99. The van der Waals surface area contributed by atoms with Gasteiger partial charge in [0.2, 0.25) is 5.91 Å². The molecule has 10 heteroatoms. The first kappa shape index (κ1) is 20.7. The van der Waals surface area contributed by atoms with Crippen molar-refractivity contribution in [3.05, 3.63) is 59.2 Å². The van der Waals surface area contributed by atoms with E-state index >= 15 is 0 Å². The second-order valence-electron chi connectivity index (χ2n) is 5.88. The third-order valence-corrected chi connectivity index (χ3v) is 4.64. The van der Waals surface area contributed by atoms with Crippen LogP contribution in [0.2, 0.25) is 0 Å². The molecular formula is C19H16F3N3O3S. The fraction of sp³-hybridized carbons (Fsp3) is 0.211. The molecule has 0 spiro atoms. The molecule has 0 aliphatic carbocycles. The van der Waals surface area contributed by atoms with E-state index in [2.05, 4.69) is 15.5 Å². The minimum atomic E-state index is -4.40. The topological polar surface area (TPSA) is 72.3 Å². The van der Waals surface area contributed by atoms with Gasteiger partial charge in [-0.15, -0.1) is 5.10 Å². The number of hydrogen-bond acceptors (Lipinski definition) is 6. The van der Waals surface area contributed by atoms with Crippen molar-refractivity contribution in [1.82, 2.24) is 5.32 Å². The Bertz CT molecular complexity index is 961. The molecule has 2 aromatic rings. The highest BCUT2D eigenvalue weighted by atomic mass is 32.2. The van der Waals surface area contributed by atoms with Gasteiger partial charge in [-0.05, 0) is 41.5 Å². The van der Waals surface area contributed by atoms with Crippen LogP contribution in [-0.4, -0.2) is 30.2 Å². The average molecular weight is 423 g/mol. The molecule has 1 amide bonds. The Morgan fingerprint density at radius 2 is 2.03 bits per heavy atom. The summed E-state index contributed by atoms with van der Waals surface area (Å²) in [5.74, 6) is 0.983. The number of thioether (sulfide) groups is 1. The van der Waals surface area contributed by atoms with Crippen LogP contribution in [0.3, 0.4) is 0 Å². The first-order valence-corrected chi connectivity index (χ1v) is 9.34. The summed E-state index contributed by atoms with van der Waals surface area (Å²) in [5.41, 5.74) is 0.335. The monoisotopic (exact) mass is 423 g/mol. The summed E-state index contributed by atoms with van der Waals surface area (Å²) in [7, 11) is 1.46. The molecule has 0 radical (unpaired) electrons. The van der Waals surface area contributed by atoms with Crippen molar-refractivity contribution < 1.29 is 27.4 Å². The summed E-state index contributed by atoms with van der Waals surface area (Å²) < 4.78 is 49.3. The standard InChI is InChI=1S/C19H16F3N3O3S/c1-27-16-8-12(9-23-25-18-24-17(26)11-29-18)5-6-15(16)28-10-13-3-2-4-14(7-13)19(20,21)22/h2-9H,10-11H2,1H3,(H,24,25,26). The molecule has 2 aromatic carbocycles. The van der Waals surface area contributed by atoms with Gasteiger partial charge >= 0.3 is 6.18 Å². The van der Waals surface area contributed by atoms with Crippen molar-refractivity contribution in [2.75, 3.05) is 12.9 Å². The molecule has 29 heavy (non-hydrogen) atoms. The zero-order valence-electron chi connectivity index (χ0n) is 15.2. The molecule has 6 nitrogen and oxygen atoms in total. The molecule has 1 fully saturated rings. The maximum absolute atomic E-state index is 12.8. The number of rotatable bonds is 6. The normalized spacial score (nSPS) is 15.7. The largest absolute Gasteiger partial charge is 0.493 e. The van der Waals surface area contributed by atoms with E-state index < -0.39 is 11.7 Å². The number of amides is 1. The first-order valence-electron chi connectivity index (χ1n) is 8.36. The molecule has 1 N–H and O–H groups in total. The predicted octanol–water partition coefficient (Wildman–Crippen LogP) is 3.85. The van der Waals surface area contributed by atoms with Gasteiger partial charge in [-0.25, -0.2) is 0 Å². The first-order chi connectivity index (χ1) is 13.8. The third kappa shape index (κ3) is 5.74. The van der Waals surface area contributed by atoms with Crippen LogP contribution >= 0.6 is 11.8 Å². The van der Waals surface area contributed by atoms with Crippen molar-refractivity contribution in [2.45, 2.75) is 12.8 Å². The van der Waals surface area contributed by atoms with E-state index in [1.165, 1.54) is 31.2 Å².